The summed E-state index contributed by atoms with van der Waals surface area (Å²) in [6.07, 6.45) is 4.97. The molecule has 0 bridgehead atoms. The molecule has 0 saturated carbocycles. The highest BCUT2D eigenvalue weighted by molar-refractivity contribution is 7.88. The van der Waals surface area contributed by atoms with Crippen molar-refractivity contribution in [2.24, 2.45) is 5.92 Å². The molecule has 0 aliphatic carbocycles. The van der Waals surface area contributed by atoms with Gasteiger partial charge in [0, 0.05) is 25.2 Å². The highest BCUT2D eigenvalue weighted by atomic mass is 32.2. The Labute approximate surface area is 117 Å². The fraction of sp³-hybridized carbons (Fsp3) is 1.00. The van der Waals surface area contributed by atoms with Crippen LogP contribution in [0.25, 0.3) is 0 Å². The second-order valence-electron chi connectivity index (χ2n) is 5.90. The number of hydrogen-bond acceptors (Lipinski definition) is 4. The first-order chi connectivity index (χ1) is 8.80. The van der Waals surface area contributed by atoms with Gasteiger partial charge in [0.05, 0.1) is 6.26 Å². The van der Waals surface area contributed by atoms with E-state index in [0.717, 1.165) is 32.2 Å². The Morgan fingerprint density at radius 2 is 2.16 bits per heavy atom. The van der Waals surface area contributed by atoms with Crippen LogP contribution in [-0.4, -0.2) is 55.9 Å². The summed E-state index contributed by atoms with van der Waals surface area (Å²) in [4.78, 5) is 0. The molecule has 2 N–H and O–H groups in total. The predicted octanol–water partition coefficient (Wildman–Crippen LogP) is 0.799. The maximum Gasteiger partial charge on any atom is 0.211 e. The van der Waals surface area contributed by atoms with E-state index in [9.17, 15) is 8.42 Å². The van der Waals surface area contributed by atoms with Crippen molar-refractivity contribution in [2.45, 2.75) is 45.1 Å². The van der Waals surface area contributed by atoms with Crippen LogP contribution in [0.2, 0.25) is 0 Å². The van der Waals surface area contributed by atoms with Gasteiger partial charge in [0.25, 0.3) is 0 Å². The van der Waals surface area contributed by atoms with E-state index in [4.69, 9.17) is 5.11 Å². The van der Waals surface area contributed by atoms with Gasteiger partial charge in [-0.25, -0.2) is 12.7 Å². The van der Waals surface area contributed by atoms with E-state index in [1.54, 1.807) is 4.31 Å². The average Bonchev–Trinajstić information content (AvgIpc) is 2.36. The Balaban J connectivity index is 2.49. The Morgan fingerprint density at radius 1 is 1.47 bits per heavy atom. The van der Waals surface area contributed by atoms with Gasteiger partial charge in [0.15, 0.2) is 0 Å². The molecule has 6 heteroatoms. The summed E-state index contributed by atoms with van der Waals surface area (Å²) in [5, 5.41) is 12.6. The van der Waals surface area contributed by atoms with Gasteiger partial charge in [-0.2, -0.15) is 0 Å². The van der Waals surface area contributed by atoms with Crippen LogP contribution in [0, 0.1) is 5.92 Å². The molecular weight excluding hydrogens is 264 g/mol. The number of piperidine rings is 1. The molecule has 1 heterocycles. The molecule has 1 fully saturated rings. The fourth-order valence-corrected chi connectivity index (χ4v) is 3.46. The summed E-state index contributed by atoms with van der Waals surface area (Å²) in [5.41, 5.74) is -0.0535. The van der Waals surface area contributed by atoms with Crippen molar-refractivity contribution >= 4 is 10.0 Å². The first kappa shape index (κ1) is 16.9. The second-order valence-corrected chi connectivity index (χ2v) is 7.88. The van der Waals surface area contributed by atoms with Crippen LogP contribution in [0.1, 0.15) is 39.5 Å². The number of sulfonamides is 1. The van der Waals surface area contributed by atoms with Crippen molar-refractivity contribution in [1.29, 1.82) is 0 Å². The zero-order valence-electron chi connectivity index (χ0n) is 12.4. The number of nitrogens with one attached hydrogen (secondary N) is 1. The van der Waals surface area contributed by atoms with Crippen molar-refractivity contribution in [2.75, 3.05) is 32.5 Å². The minimum absolute atomic E-state index is 0.0535. The molecular formula is C13H28N2O3S. The summed E-state index contributed by atoms with van der Waals surface area (Å²) in [6.45, 7) is 6.47. The summed E-state index contributed by atoms with van der Waals surface area (Å²) in [7, 11) is -3.06. The summed E-state index contributed by atoms with van der Waals surface area (Å²) in [5.74, 6) is 0.369. The Kier molecular flexibility index (Phi) is 6.23. The van der Waals surface area contributed by atoms with E-state index in [2.05, 4.69) is 19.2 Å². The van der Waals surface area contributed by atoms with Gasteiger partial charge in [-0.05, 0) is 45.1 Å². The van der Waals surface area contributed by atoms with Crippen LogP contribution in [0.4, 0.5) is 0 Å². The third-order valence-electron chi connectivity index (χ3n) is 4.21. The van der Waals surface area contributed by atoms with Gasteiger partial charge in [-0.15, -0.1) is 0 Å². The monoisotopic (exact) mass is 292 g/mol. The maximum absolute atomic E-state index is 11.6. The van der Waals surface area contributed by atoms with Crippen LogP contribution < -0.4 is 5.32 Å². The molecule has 5 nitrogen and oxygen atoms in total. The van der Waals surface area contributed by atoms with Crippen molar-refractivity contribution < 1.29 is 13.5 Å². The lowest BCUT2D eigenvalue weighted by atomic mass is 9.92. The molecule has 1 aliphatic rings. The average molecular weight is 292 g/mol. The maximum atomic E-state index is 11.6. The van der Waals surface area contributed by atoms with E-state index in [1.807, 2.05) is 0 Å². The third kappa shape index (κ3) is 5.38. The van der Waals surface area contributed by atoms with Gasteiger partial charge < -0.3 is 10.4 Å². The van der Waals surface area contributed by atoms with E-state index in [0.29, 0.717) is 19.0 Å². The van der Waals surface area contributed by atoms with E-state index >= 15 is 0 Å². The zero-order chi connectivity index (χ0) is 14.5. The topological polar surface area (TPSA) is 69.6 Å². The number of aliphatic hydroxyl groups is 1. The Bertz CT molecular complexity index is 372. The van der Waals surface area contributed by atoms with Crippen LogP contribution in [-0.2, 0) is 10.0 Å². The standard InChI is InChI=1S/C13H28N2O3S/c1-4-13(2,7-9-16)14-10-12-6-5-8-15(11-12)19(3,17)18/h12,14,16H,4-11H2,1-3H3. The van der Waals surface area contributed by atoms with Crippen molar-refractivity contribution in [3.05, 3.63) is 0 Å². The molecule has 19 heavy (non-hydrogen) atoms. The summed E-state index contributed by atoms with van der Waals surface area (Å²) in [6, 6.07) is 0. The number of nitrogens with zero attached hydrogens (tertiary/aromatic N) is 1. The lowest BCUT2D eigenvalue weighted by Crippen LogP contribution is -2.48. The van der Waals surface area contributed by atoms with Gasteiger partial charge in [0.1, 0.15) is 0 Å². The quantitative estimate of drug-likeness (QED) is 0.728. The molecule has 2 unspecified atom stereocenters. The molecule has 2 atom stereocenters. The summed E-state index contributed by atoms with van der Waals surface area (Å²) < 4.78 is 24.7. The van der Waals surface area contributed by atoms with Crippen LogP contribution in [0.3, 0.4) is 0 Å². The van der Waals surface area contributed by atoms with E-state index < -0.39 is 10.0 Å². The fourth-order valence-electron chi connectivity index (χ4n) is 2.52. The molecule has 0 spiro atoms. The lowest BCUT2D eigenvalue weighted by Gasteiger charge is -2.35. The molecule has 1 aliphatic heterocycles. The molecule has 0 aromatic rings. The van der Waals surface area contributed by atoms with Gasteiger partial charge >= 0.3 is 0 Å². The zero-order valence-corrected chi connectivity index (χ0v) is 13.2. The molecule has 0 aromatic heterocycles. The smallest absolute Gasteiger partial charge is 0.211 e. The van der Waals surface area contributed by atoms with E-state index in [1.165, 1.54) is 6.26 Å². The van der Waals surface area contributed by atoms with Crippen LogP contribution in [0.5, 0.6) is 0 Å². The van der Waals surface area contributed by atoms with E-state index in [-0.39, 0.29) is 12.1 Å². The SMILES string of the molecule is CCC(C)(CCO)NCC1CCCN(S(C)(=O)=O)C1. The molecule has 0 amide bonds. The summed E-state index contributed by atoms with van der Waals surface area (Å²) >= 11 is 0. The number of aliphatic hydroxyl groups excluding tert-OH is 1. The van der Waals surface area contributed by atoms with Crippen LogP contribution >= 0.6 is 0 Å². The largest absolute Gasteiger partial charge is 0.396 e. The minimum atomic E-state index is -3.06. The second kappa shape index (κ2) is 7.02. The van der Waals surface area contributed by atoms with Gasteiger partial charge in [0.2, 0.25) is 10.0 Å². The molecule has 1 saturated heterocycles. The third-order valence-corrected chi connectivity index (χ3v) is 5.48. The lowest BCUT2D eigenvalue weighted by molar-refractivity contribution is 0.193. The van der Waals surface area contributed by atoms with Crippen molar-refractivity contribution in [1.82, 2.24) is 9.62 Å². The minimum Gasteiger partial charge on any atom is -0.396 e. The first-order valence-corrected chi connectivity index (χ1v) is 8.96. The molecule has 0 aromatic carbocycles. The molecule has 1 rings (SSSR count). The first-order valence-electron chi connectivity index (χ1n) is 7.12. The number of rotatable bonds is 7. The number of hydrogen-bond donors (Lipinski definition) is 2. The predicted molar refractivity (Wildman–Crippen MR) is 77.5 cm³/mol. The molecule has 0 radical (unpaired) electrons. The Hall–Kier alpha value is -0.170. The van der Waals surface area contributed by atoms with Crippen LogP contribution in [0.15, 0.2) is 0 Å². The Morgan fingerprint density at radius 3 is 2.68 bits per heavy atom. The van der Waals surface area contributed by atoms with Gasteiger partial charge in [-0.1, -0.05) is 6.92 Å². The van der Waals surface area contributed by atoms with Gasteiger partial charge in [-0.3, -0.25) is 0 Å². The highest BCUT2D eigenvalue weighted by Gasteiger charge is 2.28. The molecule has 114 valence electrons. The van der Waals surface area contributed by atoms with Crippen molar-refractivity contribution in [3.63, 3.8) is 0 Å². The highest BCUT2D eigenvalue weighted by Crippen LogP contribution is 2.20. The normalized spacial score (nSPS) is 25.2. The van der Waals surface area contributed by atoms with Crippen molar-refractivity contribution in [3.8, 4) is 0 Å².